The minimum atomic E-state index is -0.206. The molecule has 4 nitrogen and oxygen atoms in total. The van der Waals surface area contributed by atoms with E-state index in [1.165, 1.54) is 12.1 Å². The van der Waals surface area contributed by atoms with Crippen LogP contribution in [0.2, 0.25) is 0 Å². The zero-order chi connectivity index (χ0) is 15.1. The van der Waals surface area contributed by atoms with Gasteiger partial charge in [0.25, 0.3) is 0 Å². The first-order valence-electron chi connectivity index (χ1n) is 7.15. The Hall–Kier alpha value is -2.01. The van der Waals surface area contributed by atoms with E-state index in [0.29, 0.717) is 6.54 Å². The van der Waals surface area contributed by atoms with E-state index in [-0.39, 0.29) is 5.82 Å². The summed E-state index contributed by atoms with van der Waals surface area (Å²) in [5.74, 6) is 0.601. The fourth-order valence-corrected chi connectivity index (χ4v) is 2.01. The summed E-state index contributed by atoms with van der Waals surface area (Å²) < 4.78 is 12.9. The molecule has 21 heavy (non-hydrogen) atoms. The van der Waals surface area contributed by atoms with E-state index in [4.69, 9.17) is 0 Å². The Morgan fingerprint density at radius 3 is 2.48 bits per heavy atom. The molecule has 0 bridgehead atoms. The van der Waals surface area contributed by atoms with Gasteiger partial charge >= 0.3 is 0 Å². The maximum absolute atomic E-state index is 12.9. The minimum absolute atomic E-state index is 0.206. The van der Waals surface area contributed by atoms with Gasteiger partial charge in [0.15, 0.2) is 0 Å². The summed E-state index contributed by atoms with van der Waals surface area (Å²) in [5, 5.41) is 3.20. The van der Waals surface area contributed by atoms with Crippen molar-refractivity contribution in [3.8, 4) is 0 Å². The van der Waals surface area contributed by atoms with Crippen molar-refractivity contribution >= 4 is 5.82 Å². The predicted octanol–water partition coefficient (Wildman–Crippen LogP) is 3.07. The second-order valence-corrected chi connectivity index (χ2v) is 5.12. The van der Waals surface area contributed by atoms with Crippen molar-refractivity contribution in [3.63, 3.8) is 0 Å². The summed E-state index contributed by atoms with van der Waals surface area (Å²) in [7, 11) is 2.01. The van der Waals surface area contributed by atoms with E-state index in [0.717, 1.165) is 36.6 Å². The van der Waals surface area contributed by atoms with E-state index in [1.807, 2.05) is 7.05 Å². The Morgan fingerprint density at radius 2 is 1.86 bits per heavy atom. The molecule has 1 aromatic heterocycles. The molecule has 0 aliphatic heterocycles. The third kappa shape index (κ3) is 5.11. The van der Waals surface area contributed by atoms with Gasteiger partial charge in [0.2, 0.25) is 0 Å². The molecule has 0 atom stereocenters. The average molecular weight is 288 g/mol. The molecule has 0 radical (unpaired) electrons. The lowest BCUT2D eigenvalue weighted by Crippen LogP contribution is -2.18. The summed E-state index contributed by atoms with van der Waals surface area (Å²) in [6.45, 7) is 4.47. The number of nitrogens with zero attached hydrogens (tertiary/aromatic N) is 3. The lowest BCUT2D eigenvalue weighted by molar-refractivity contribution is 0.314. The number of aromatic nitrogens is 2. The standard InChI is InChI=1S/C16H21FN4/c1-3-8-18-16-10-19-15(9-20-16)12-21(2)11-13-4-6-14(17)7-5-13/h4-7,9-10H,3,8,11-12H2,1-2H3,(H,18,20). The number of hydrogen-bond acceptors (Lipinski definition) is 4. The molecule has 0 saturated carbocycles. The minimum Gasteiger partial charge on any atom is -0.369 e. The highest BCUT2D eigenvalue weighted by Gasteiger charge is 2.04. The number of nitrogens with one attached hydrogen (secondary N) is 1. The fourth-order valence-electron chi connectivity index (χ4n) is 2.01. The second kappa shape index (κ2) is 7.69. The van der Waals surface area contributed by atoms with Gasteiger partial charge < -0.3 is 5.32 Å². The summed E-state index contributed by atoms with van der Waals surface area (Å²) in [4.78, 5) is 10.9. The van der Waals surface area contributed by atoms with Gasteiger partial charge in [-0.25, -0.2) is 9.37 Å². The van der Waals surface area contributed by atoms with Gasteiger partial charge in [0, 0.05) is 19.6 Å². The lowest BCUT2D eigenvalue weighted by Gasteiger charge is -2.16. The van der Waals surface area contributed by atoms with Crippen molar-refractivity contribution in [1.82, 2.24) is 14.9 Å². The summed E-state index contributed by atoms with van der Waals surface area (Å²) in [6, 6.07) is 6.57. The fraction of sp³-hybridized carbons (Fsp3) is 0.375. The molecular formula is C16H21FN4. The monoisotopic (exact) mass is 288 g/mol. The van der Waals surface area contributed by atoms with Gasteiger partial charge in [-0.3, -0.25) is 9.88 Å². The number of anilines is 1. The lowest BCUT2D eigenvalue weighted by atomic mass is 10.2. The van der Waals surface area contributed by atoms with Crippen LogP contribution < -0.4 is 5.32 Å². The van der Waals surface area contributed by atoms with Gasteiger partial charge in [-0.05, 0) is 31.2 Å². The Labute approximate surface area is 125 Å². The topological polar surface area (TPSA) is 41.1 Å². The SMILES string of the molecule is CCCNc1cnc(CN(C)Cc2ccc(F)cc2)cn1. The molecule has 1 aromatic carbocycles. The summed E-state index contributed by atoms with van der Waals surface area (Å²) >= 11 is 0. The largest absolute Gasteiger partial charge is 0.369 e. The van der Waals surface area contributed by atoms with E-state index < -0.39 is 0 Å². The Bertz CT molecular complexity index is 539. The van der Waals surface area contributed by atoms with Gasteiger partial charge in [0.05, 0.1) is 18.1 Å². The van der Waals surface area contributed by atoms with Crippen molar-refractivity contribution < 1.29 is 4.39 Å². The van der Waals surface area contributed by atoms with Crippen LogP contribution in [0.15, 0.2) is 36.7 Å². The highest BCUT2D eigenvalue weighted by atomic mass is 19.1. The van der Waals surface area contributed by atoms with Crippen molar-refractivity contribution in [1.29, 1.82) is 0 Å². The molecule has 0 spiro atoms. The first-order chi connectivity index (χ1) is 10.2. The molecule has 1 N–H and O–H groups in total. The van der Waals surface area contributed by atoms with E-state index in [1.54, 1.807) is 24.5 Å². The molecule has 1 heterocycles. The Balaban J connectivity index is 1.87. The Morgan fingerprint density at radius 1 is 1.10 bits per heavy atom. The molecule has 0 amide bonds. The highest BCUT2D eigenvalue weighted by Crippen LogP contribution is 2.08. The highest BCUT2D eigenvalue weighted by molar-refractivity contribution is 5.30. The number of halogens is 1. The van der Waals surface area contributed by atoms with Gasteiger partial charge in [0.1, 0.15) is 11.6 Å². The third-order valence-electron chi connectivity index (χ3n) is 3.06. The first kappa shape index (κ1) is 15.4. The van der Waals surface area contributed by atoms with Gasteiger partial charge in [-0.1, -0.05) is 19.1 Å². The zero-order valence-electron chi connectivity index (χ0n) is 12.5. The van der Waals surface area contributed by atoms with Crippen molar-refractivity contribution in [3.05, 3.63) is 53.7 Å². The van der Waals surface area contributed by atoms with Crippen LogP contribution in [0.3, 0.4) is 0 Å². The number of benzene rings is 1. The predicted molar refractivity (Wildman–Crippen MR) is 82.4 cm³/mol. The van der Waals surface area contributed by atoms with Crippen LogP contribution in [0.5, 0.6) is 0 Å². The molecular weight excluding hydrogens is 267 g/mol. The van der Waals surface area contributed by atoms with E-state index in [2.05, 4.69) is 27.1 Å². The van der Waals surface area contributed by atoms with E-state index >= 15 is 0 Å². The molecule has 0 saturated heterocycles. The Kier molecular flexibility index (Phi) is 5.63. The third-order valence-corrected chi connectivity index (χ3v) is 3.06. The maximum Gasteiger partial charge on any atom is 0.144 e. The molecule has 0 aliphatic rings. The smallest absolute Gasteiger partial charge is 0.144 e. The average Bonchev–Trinajstić information content (AvgIpc) is 2.49. The van der Waals surface area contributed by atoms with Crippen molar-refractivity contribution in [2.24, 2.45) is 0 Å². The number of hydrogen-bond donors (Lipinski definition) is 1. The van der Waals surface area contributed by atoms with Crippen LogP contribution in [-0.4, -0.2) is 28.5 Å². The van der Waals surface area contributed by atoms with Crippen LogP contribution in [0, 0.1) is 5.82 Å². The molecule has 5 heteroatoms. The van der Waals surface area contributed by atoms with Crippen LogP contribution in [-0.2, 0) is 13.1 Å². The molecule has 2 rings (SSSR count). The summed E-state index contributed by atoms with van der Waals surface area (Å²) in [6.07, 6.45) is 4.61. The van der Waals surface area contributed by atoms with Crippen LogP contribution in [0.1, 0.15) is 24.6 Å². The van der Waals surface area contributed by atoms with Crippen LogP contribution >= 0.6 is 0 Å². The quantitative estimate of drug-likeness (QED) is 0.850. The van der Waals surface area contributed by atoms with Crippen LogP contribution in [0.4, 0.5) is 10.2 Å². The van der Waals surface area contributed by atoms with Crippen molar-refractivity contribution in [2.45, 2.75) is 26.4 Å². The van der Waals surface area contributed by atoms with Crippen LogP contribution in [0.25, 0.3) is 0 Å². The number of rotatable bonds is 7. The van der Waals surface area contributed by atoms with Crippen molar-refractivity contribution in [2.75, 3.05) is 18.9 Å². The molecule has 0 fully saturated rings. The molecule has 112 valence electrons. The van der Waals surface area contributed by atoms with Gasteiger partial charge in [-0.2, -0.15) is 0 Å². The normalized spacial score (nSPS) is 10.9. The first-order valence-corrected chi connectivity index (χ1v) is 7.15. The summed E-state index contributed by atoms with van der Waals surface area (Å²) in [5.41, 5.74) is 2.00. The molecule has 0 unspecified atom stereocenters. The zero-order valence-corrected chi connectivity index (χ0v) is 12.5. The maximum atomic E-state index is 12.9. The molecule has 2 aromatic rings. The van der Waals surface area contributed by atoms with E-state index in [9.17, 15) is 4.39 Å². The van der Waals surface area contributed by atoms with Gasteiger partial charge in [-0.15, -0.1) is 0 Å². The molecule has 0 aliphatic carbocycles. The second-order valence-electron chi connectivity index (χ2n) is 5.12.